The van der Waals surface area contributed by atoms with Gasteiger partial charge in [0, 0.05) is 12.2 Å². The molecule has 3 rings (SSSR count). The molecule has 0 unspecified atom stereocenters. The summed E-state index contributed by atoms with van der Waals surface area (Å²) >= 11 is 5.54. The van der Waals surface area contributed by atoms with Crippen LogP contribution in [-0.2, 0) is 19.3 Å². The number of anilines is 1. The summed E-state index contributed by atoms with van der Waals surface area (Å²) in [6, 6.07) is 13.8. The van der Waals surface area contributed by atoms with Crippen molar-refractivity contribution in [2.24, 2.45) is 0 Å². The number of methoxy groups -OCH3 is 2. The quantitative estimate of drug-likeness (QED) is 0.465. The van der Waals surface area contributed by atoms with Crippen molar-refractivity contribution in [2.45, 2.75) is 19.3 Å². The maximum atomic E-state index is 12.8. The molecular weight excluding hydrogens is 429 g/mol. The molecule has 3 aromatic rings. The molecule has 1 N–H and O–H groups in total. The van der Waals surface area contributed by atoms with Crippen molar-refractivity contribution in [1.82, 2.24) is 4.90 Å². The van der Waals surface area contributed by atoms with Gasteiger partial charge in [0.05, 0.1) is 32.6 Å². The van der Waals surface area contributed by atoms with Gasteiger partial charge < -0.3 is 24.1 Å². The summed E-state index contributed by atoms with van der Waals surface area (Å²) in [5, 5.41) is 3.34. The molecule has 2 aromatic carbocycles. The van der Waals surface area contributed by atoms with Gasteiger partial charge in [-0.15, -0.1) is 0 Å². The predicted octanol–water partition coefficient (Wildman–Crippen LogP) is 5.71. The highest BCUT2D eigenvalue weighted by molar-refractivity contribution is 7.80. The highest BCUT2D eigenvalue weighted by Crippen LogP contribution is 2.30. The smallest absolute Gasteiger partial charge is 0.416 e. The maximum Gasteiger partial charge on any atom is 0.416 e. The van der Waals surface area contributed by atoms with Crippen molar-refractivity contribution in [2.75, 3.05) is 19.5 Å². The molecule has 164 valence electrons. The largest absolute Gasteiger partial charge is 0.493 e. The zero-order valence-corrected chi connectivity index (χ0v) is 17.7. The molecule has 0 radical (unpaired) electrons. The van der Waals surface area contributed by atoms with Gasteiger partial charge in [-0.25, -0.2) is 0 Å². The van der Waals surface area contributed by atoms with Crippen molar-refractivity contribution in [3.8, 4) is 11.5 Å². The molecule has 5 nitrogen and oxygen atoms in total. The second kappa shape index (κ2) is 9.74. The summed E-state index contributed by atoms with van der Waals surface area (Å²) in [4.78, 5) is 1.84. The molecule has 0 fully saturated rings. The van der Waals surface area contributed by atoms with Gasteiger partial charge in [-0.05, 0) is 66.3 Å². The van der Waals surface area contributed by atoms with E-state index < -0.39 is 11.7 Å². The van der Waals surface area contributed by atoms with Crippen molar-refractivity contribution < 1.29 is 27.1 Å². The molecule has 0 aliphatic heterocycles. The minimum atomic E-state index is -4.39. The van der Waals surface area contributed by atoms with Crippen molar-refractivity contribution in [3.63, 3.8) is 0 Å². The first-order valence-electron chi connectivity index (χ1n) is 9.26. The van der Waals surface area contributed by atoms with Gasteiger partial charge in [0.25, 0.3) is 0 Å². The molecule has 1 heterocycles. The summed E-state index contributed by atoms with van der Waals surface area (Å²) in [6.45, 7) is 0.779. The monoisotopic (exact) mass is 450 g/mol. The Bertz CT molecular complexity index is 1010. The van der Waals surface area contributed by atoms with Gasteiger partial charge in [0.15, 0.2) is 16.6 Å². The molecule has 0 bridgehead atoms. The van der Waals surface area contributed by atoms with E-state index >= 15 is 0 Å². The first-order chi connectivity index (χ1) is 14.8. The standard InChI is InChI=1S/C22H21F3N2O3S/c1-28-19-10-5-15(12-20(19)29-2)13-27(14-18-4-3-11-30-18)21(31)26-17-8-6-16(7-9-17)22(23,24)25/h3-12H,13-14H2,1-2H3,(H,26,31). The molecule has 0 aliphatic carbocycles. The topological polar surface area (TPSA) is 46.9 Å². The normalized spacial score (nSPS) is 11.1. The number of rotatable bonds is 7. The lowest BCUT2D eigenvalue weighted by molar-refractivity contribution is -0.137. The van der Waals surface area contributed by atoms with Crippen LogP contribution in [-0.4, -0.2) is 24.2 Å². The molecular formula is C22H21F3N2O3S. The molecule has 1 aromatic heterocycles. The Kier molecular flexibility index (Phi) is 7.06. The highest BCUT2D eigenvalue weighted by atomic mass is 32.1. The molecule has 0 aliphatic rings. The fraction of sp³-hybridized carbons (Fsp3) is 0.227. The van der Waals surface area contributed by atoms with Crippen LogP contribution in [0.2, 0.25) is 0 Å². The lowest BCUT2D eigenvalue weighted by atomic mass is 10.2. The van der Waals surface area contributed by atoms with E-state index in [4.69, 9.17) is 26.1 Å². The second-order valence-corrected chi connectivity index (χ2v) is 7.02. The number of ether oxygens (including phenoxy) is 2. The Balaban J connectivity index is 1.79. The Hall–Kier alpha value is -3.20. The van der Waals surface area contributed by atoms with Gasteiger partial charge >= 0.3 is 6.18 Å². The summed E-state index contributed by atoms with van der Waals surface area (Å²) < 4.78 is 54.5. The average molecular weight is 450 g/mol. The minimum absolute atomic E-state index is 0.339. The zero-order chi connectivity index (χ0) is 22.4. The maximum absolute atomic E-state index is 12.8. The molecule has 31 heavy (non-hydrogen) atoms. The lowest BCUT2D eigenvalue weighted by Gasteiger charge is -2.25. The van der Waals surface area contributed by atoms with E-state index in [1.165, 1.54) is 12.1 Å². The van der Waals surface area contributed by atoms with Crippen LogP contribution in [0.1, 0.15) is 16.9 Å². The van der Waals surface area contributed by atoms with Crippen molar-refractivity contribution >= 4 is 23.0 Å². The fourth-order valence-electron chi connectivity index (χ4n) is 2.93. The third kappa shape index (κ3) is 5.91. The van der Waals surface area contributed by atoms with Crippen LogP contribution in [0.25, 0.3) is 0 Å². The summed E-state index contributed by atoms with van der Waals surface area (Å²) in [6.07, 6.45) is -2.83. The number of nitrogens with one attached hydrogen (secondary N) is 1. The van der Waals surface area contributed by atoms with E-state index in [0.717, 1.165) is 17.7 Å². The summed E-state index contributed by atoms with van der Waals surface area (Å²) in [5.41, 5.74) is 0.636. The van der Waals surface area contributed by atoms with Gasteiger partial charge in [-0.1, -0.05) is 6.07 Å². The number of hydrogen-bond donors (Lipinski definition) is 1. The van der Waals surface area contributed by atoms with E-state index in [2.05, 4.69) is 5.32 Å². The van der Waals surface area contributed by atoms with Crippen molar-refractivity contribution in [1.29, 1.82) is 0 Å². The van der Waals surface area contributed by atoms with Crippen molar-refractivity contribution in [3.05, 3.63) is 77.7 Å². The Morgan fingerprint density at radius 3 is 2.29 bits per heavy atom. The lowest BCUT2D eigenvalue weighted by Crippen LogP contribution is -2.33. The van der Waals surface area contributed by atoms with E-state index in [1.54, 1.807) is 32.6 Å². The van der Waals surface area contributed by atoms with E-state index in [1.807, 2.05) is 23.1 Å². The van der Waals surface area contributed by atoms with E-state index in [-0.39, 0.29) is 0 Å². The number of furan rings is 1. The number of nitrogens with zero attached hydrogens (tertiary/aromatic N) is 1. The minimum Gasteiger partial charge on any atom is -0.493 e. The number of thiocarbonyl (C=S) groups is 1. The Morgan fingerprint density at radius 2 is 1.71 bits per heavy atom. The second-order valence-electron chi connectivity index (χ2n) is 6.63. The molecule has 9 heteroatoms. The number of halogens is 3. The Labute approximate surface area is 183 Å². The molecule has 0 saturated carbocycles. The van der Waals surface area contributed by atoms with Gasteiger partial charge in [0.2, 0.25) is 0 Å². The highest BCUT2D eigenvalue weighted by Gasteiger charge is 2.30. The first kappa shape index (κ1) is 22.5. The first-order valence-corrected chi connectivity index (χ1v) is 9.67. The van der Waals surface area contributed by atoms with Crippen LogP contribution in [0.3, 0.4) is 0 Å². The van der Waals surface area contributed by atoms with Gasteiger partial charge in [-0.3, -0.25) is 0 Å². The predicted molar refractivity (Wildman–Crippen MR) is 115 cm³/mol. The third-order valence-electron chi connectivity index (χ3n) is 4.50. The van der Waals surface area contributed by atoms with Crippen LogP contribution in [0, 0.1) is 0 Å². The van der Waals surface area contributed by atoms with Crippen LogP contribution in [0.5, 0.6) is 11.5 Å². The average Bonchev–Trinajstić information content (AvgIpc) is 3.26. The van der Waals surface area contributed by atoms with Gasteiger partial charge in [0.1, 0.15) is 5.76 Å². The van der Waals surface area contributed by atoms with E-state index in [9.17, 15) is 13.2 Å². The number of hydrogen-bond acceptors (Lipinski definition) is 4. The zero-order valence-electron chi connectivity index (χ0n) is 16.9. The number of alkyl halides is 3. The molecule has 0 saturated heterocycles. The third-order valence-corrected chi connectivity index (χ3v) is 4.86. The van der Waals surface area contributed by atoms with Crippen LogP contribution in [0.4, 0.5) is 18.9 Å². The Morgan fingerprint density at radius 1 is 1.00 bits per heavy atom. The number of benzene rings is 2. The van der Waals surface area contributed by atoms with Crippen LogP contribution < -0.4 is 14.8 Å². The summed E-state index contributed by atoms with van der Waals surface area (Å²) in [7, 11) is 3.11. The fourth-order valence-corrected chi connectivity index (χ4v) is 3.18. The molecule has 0 spiro atoms. The van der Waals surface area contributed by atoms with Gasteiger partial charge in [-0.2, -0.15) is 13.2 Å². The van der Waals surface area contributed by atoms with Crippen LogP contribution >= 0.6 is 12.2 Å². The summed E-state index contributed by atoms with van der Waals surface area (Å²) in [5.74, 6) is 1.88. The molecule has 0 atom stereocenters. The van der Waals surface area contributed by atoms with E-state index in [0.29, 0.717) is 41.1 Å². The SMILES string of the molecule is COc1ccc(CN(Cc2ccco2)C(=S)Nc2ccc(C(F)(F)F)cc2)cc1OC. The van der Waals surface area contributed by atoms with Crippen LogP contribution in [0.15, 0.2) is 65.3 Å². The molecule has 0 amide bonds.